The summed E-state index contributed by atoms with van der Waals surface area (Å²) in [6.45, 7) is 0. The van der Waals surface area contributed by atoms with Crippen molar-refractivity contribution in [2.45, 2.75) is 0 Å². The number of nitrogens with zero attached hydrogens (tertiary/aromatic N) is 3. The second-order valence-electron chi connectivity index (χ2n) is 1.88. The fourth-order valence-electron chi connectivity index (χ4n) is 0.652. The quantitative estimate of drug-likeness (QED) is 0.322. The van der Waals surface area contributed by atoms with Crippen molar-refractivity contribution in [3.8, 4) is 5.88 Å². The van der Waals surface area contributed by atoms with E-state index >= 15 is 0 Å². The summed E-state index contributed by atoms with van der Waals surface area (Å²) >= 11 is 5.40. The van der Waals surface area contributed by atoms with E-state index in [9.17, 15) is 15.0 Å². The minimum Gasteiger partial charge on any atom is -0.295 e. The van der Waals surface area contributed by atoms with E-state index in [0.29, 0.717) is 0 Å². The van der Waals surface area contributed by atoms with Crippen LogP contribution >= 0.6 is 11.6 Å². The van der Waals surface area contributed by atoms with Gasteiger partial charge in [-0.25, -0.2) is 0 Å². The van der Waals surface area contributed by atoms with E-state index in [0.717, 1.165) is 6.07 Å². The lowest BCUT2D eigenvalue weighted by molar-refractivity contribution is -0.386. The number of pyridine rings is 1. The van der Waals surface area contributed by atoms with Crippen molar-refractivity contribution < 1.29 is 9.76 Å². The van der Waals surface area contributed by atoms with E-state index in [1.807, 2.05) is 5.34 Å². The molecule has 0 saturated heterocycles. The summed E-state index contributed by atoms with van der Waals surface area (Å²) in [5.74, 6) is -0.521. The van der Waals surface area contributed by atoms with Crippen LogP contribution in [0.5, 0.6) is 5.88 Å². The van der Waals surface area contributed by atoms with Gasteiger partial charge < -0.3 is 0 Å². The normalized spacial score (nSPS) is 9.31. The molecule has 1 aromatic rings. The Morgan fingerprint density at radius 1 is 1.62 bits per heavy atom. The molecule has 0 aliphatic rings. The Kier molecular flexibility index (Phi) is 2.70. The third-order valence-corrected chi connectivity index (χ3v) is 1.34. The molecule has 0 aliphatic heterocycles. The Balaban J connectivity index is 3.17. The summed E-state index contributed by atoms with van der Waals surface area (Å²) in [6, 6.07) is 2.27. The minimum atomic E-state index is -0.760. The van der Waals surface area contributed by atoms with Gasteiger partial charge in [0.2, 0.25) is 0 Å². The lowest BCUT2D eigenvalue weighted by atomic mass is 10.4. The van der Waals surface area contributed by atoms with Crippen molar-refractivity contribution in [3.63, 3.8) is 0 Å². The summed E-state index contributed by atoms with van der Waals surface area (Å²) in [5, 5.41) is 12.3. The maximum Gasteiger partial charge on any atom is 0.334 e. The van der Waals surface area contributed by atoms with Crippen LogP contribution in [0.15, 0.2) is 17.5 Å². The molecule has 68 valence electrons. The summed E-state index contributed by atoms with van der Waals surface area (Å²) in [5.41, 5.74) is -0.469. The first-order valence-electron chi connectivity index (χ1n) is 2.95. The molecule has 7 nitrogen and oxygen atoms in total. The molecule has 0 atom stereocenters. The van der Waals surface area contributed by atoms with Gasteiger partial charge >= 0.3 is 11.6 Å². The van der Waals surface area contributed by atoms with Crippen LogP contribution in [0.25, 0.3) is 0 Å². The van der Waals surface area contributed by atoms with Crippen molar-refractivity contribution in [2.75, 3.05) is 0 Å². The second-order valence-corrected chi connectivity index (χ2v) is 2.27. The third-order valence-electron chi connectivity index (χ3n) is 1.13. The lowest BCUT2D eigenvalue weighted by Crippen LogP contribution is -1.95. The molecule has 0 aliphatic carbocycles. The predicted molar refractivity (Wildman–Crippen MR) is 42.3 cm³/mol. The number of hydrogen-bond donors (Lipinski definition) is 0. The first-order chi connectivity index (χ1) is 6.15. The summed E-state index contributed by atoms with van der Waals surface area (Å²) in [7, 11) is 0. The van der Waals surface area contributed by atoms with Gasteiger partial charge in [0.1, 0.15) is 5.15 Å². The zero-order valence-electron chi connectivity index (χ0n) is 6.01. The molecule has 0 amide bonds. The van der Waals surface area contributed by atoms with Crippen LogP contribution < -0.4 is 4.84 Å². The van der Waals surface area contributed by atoms with Gasteiger partial charge in [0, 0.05) is 6.07 Å². The van der Waals surface area contributed by atoms with Gasteiger partial charge in [-0.3, -0.25) is 15.0 Å². The monoisotopic (exact) mass is 203 g/mol. The number of rotatable bonds is 3. The van der Waals surface area contributed by atoms with E-state index in [1.54, 1.807) is 0 Å². The molecule has 1 heterocycles. The number of hydrogen-bond acceptors (Lipinski definition) is 6. The van der Waals surface area contributed by atoms with Crippen LogP contribution in [0.3, 0.4) is 0 Å². The van der Waals surface area contributed by atoms with Crippen LogP contribution in [0, 0.1) is 15.0 Å². The highest BCUT2D eigenvalue weighted by Crippen LogP contribution is 2.25. The molecule has 1 aromatic heterocycles. The molecule has 0 bridgehead atoms. The lowest BCUT2D eigenvalue weighted by Gasteiger charge is -1.96. The zero-order valence-corrected chi connectivity index (χ0v) is 6.76. The van der Waals surface area contributed by atoms with Crippen molar-refractivity contribution in [1.29, 1.82) is 0 Å². The Hall–Kier alpha value is -1.76. The Labute approximate surface area is 76.4 Å². The highest BCUT2D eigenvalue weighted by atomic mass is 35.5. The van der Waals surface area contributed by atoms with Crippen molar-refractivity contribution in [2.24, 2.45) is 5.34 Å². The standard InChI is InChI=1S/C5H2ClN3O4/c6-4-2-1-3(9(11)12)5(7-4)13-8-10/h1-2H. The molecule has 0 N–H and O–H groups in total. The van der Waals surface area contributed by atoms with E-state index < -0.39 is 16.5 Å². The topological polar surface area (TPSA) is 94.7 Å². The SMILES string of the molecule is O=NOc1nc(Cl)ccc1[N+](=O)[O-]. The van der Waals surface area contributed by atoms with Crippen LogP contribution in [-0.4, -0.2) is 9.91 Å². The van der Waals surface area contributed by atoms with Gasteiger partial charge in [-0.05, 0) is 6.07 Å². The van der Waals surface area contributed by atoms with Crippen molar-refractivity contribution in [1.82, 2.24) is 4.98 Å². The highest BCUT2D eigenvalue weighted by molar-refractivity contribution is 6.29. The van der Waals surface area contributed by atoms with E-state index in [-0.39, 0.29) is 5.15 Å². The van der Waals surface area contributed by atoms with E-state index in [1.165, 1.54) is 6.07 Å². The highest BCUT2D eigenvalue weighted by Gasteiger charge is 2.17. The largest absolute Gasteiger partial charge is 0.334 e. The van der Waals surface area contributed by atoms with E-state index in [2.05, 4.69) is 9.82 Å². The predicted octanol–water partition coefficient (Wildman–Crippen LogP) is 1.70. The van der Waals surface area contributed by atoms with Crippen LogP contribution in [0.2, 0.25) is 5.15 Å². The van der Waals surface area contributed by atoms with Gasteiger partial charge in [0.25, 0.3) is 0 Å². The number of halogens is 1. The average molecular weight is 204 g/mol. The first-order valence-corrected chi connectivity index (χ1v) is 3.33. The number of aromatic nitrogens is 1. The Morgan fingerprint density at radius 3 is 2.85 bits per heavy atom. The van der Waals surface area contributed by atoms with Gasteiger partial charge in [-0.2, -0.15) is 4.98 Å². The van der Waals surface area contributed by atoms with Crippen molar-refractivity contribution in [3.05, 3.63) is 32.3 Å². The molecule has 0 unspecified atom stereocenters. The average Bonchev–Trinajstić information content (AvgIpc) is 2.04. The van der Waals surface area contributed by atoms with Crippen LogP contribution in [0.1, 0.15) is 0 Å². The first kappa shape index (κ1) is 9.33. The summed E-state index contributed by atoms with van der Waals surface area (Å²) in [4.78, 5) is 26.6. The third kappa shape index (κ3) is 2.09. The summed E-state index contributed by atoms with van der Waals surface area (Å²) < 4.78 is 0. The molecule has 0 fully saturated rings. The maximum atomic E-state index is 10.3. The Bertz CT molecular complexity index is 356. The van der Waals surface area contributed by atoms with Gasteiger partial charge in [-0.15, -0.1) is 4.91 Å². The molecule has 0 saturated carbocycles. The molecular weight excluding hydrogens is 202 g/mol. The van der Waals surface area contributed by atoms with Gasteiger partial charge in [-0.1, -0.05) is 11.6 Å². The maximum absolute atomic E-state index is 10.3. The summed E-state index contributed by atoms with van der Waals surface area (Å²) in [6.07, 6.45) is 0. The van der Waals surface area contributed by atoms with Crippen LogP contribution in [0.4, 0.5) is 5.69 Å². The molecule has 0 spiro atoms. The molecule has 0 aromatic carbocycles. The second kappa shape index (κ2) is 3.76. The van der Waals surface area contributed by atoms with Gasteiger partial charge in [0.15, 0.2) is 5.34 Å². The Morgan fingerprint density at radius 2 is 2.31 bits per heavy atom. The fraction of sp³-hybridized carbons (Fsp3) is 0. The zero-order chi connectivity index (χ0) is 9.84. The molecule has 13 heavy (non-hydrogen) atoms. The van der Waals surface area contributed by atoms with Crippen molar-refractivity contribution >= 4 is 17.3 Å². The fourth-order valence-corrected chi connectivity index (χ4v) is 0.792. The minimum absolute atomic E-state index is 0.0238. The van der Waals surface area contributed by atoms with Gasteiger partial charge in [0.05, 0.1) is 4.92 Å². The molecule has 1 rings (SSSR count). The molecular formula is C5H2ClN3O4. The van der Waals surface area contributed by atoms with Crippen LogP contribution in [-0.2, 0) is 0 Å². The number of nitro groups is 1. The van der Waals surface area contributed by atoms with E-state index in [4.69, 9.17) is 11.6 Å². The molecule has 8 heteroatoms. The molecule has 0 radical (unpaired) electrons. The smallest absolute Gasteiger partial charge is 0.295 e.